The fraction of sp³-hybridized carbons (Fsp3) is 0.417. The van der Waals surface area contributed by atoms with Gasteiger partial charge in [0.2, 0.25) is 0 Å². The maximum absolute atomic E-state index is 11.4. The van der Waals surface area contributed by atoms with Crippen molar-refractivity contribution >= 4 is 23.4 Å². The van der Waals surface area contributed by atoms with Crippen LogP contribution in [0.5, 0.6) is 0 Å². The van der Waals surface area contributed by atoms with Gasteiger partial charge in [-0.25, -0.2) is 0 Å². The average Bonchev–Trinajstić information content (AvgIpc) is 2.55. The maximum Gasteiger partial charge on any atom is 0.310 e. The van der Waals surface area contributed by atoms with Gasteiger partial charge in [0.15, 0.2) is 0 Å². The third-order valence-electron chi connectivity index (χ3n) is 2.69. The van der Waals surface area contributed by atoms with Crippen molar-refractivity contribution in [2.24, 2.45) is 5.73 Å². The highest BCUT2D eigenvalue weighted by atomic mass is 32.2. The SMILES string of the molecule is CCOC(=O)Cc1ccc2c(c1)SC(N)N2C. The summed E-state index contributed by atoms with van der Waals surface area (Å²) >= 11 is 1.61. The van der Waals surface area contributed by atoms with E-state index in [0.717, 1.165) is 16.1 Å². The zero-order chi connectivity index (χ0) is 12.4. The van der Waals surface area contributed by atoms with Gasteiger partial charge in [-0.1, -0.05) is 17.8 Å². The van der Waals surface area contributed by atoms with Gasteiger partial charge in [0.1, 0.15) is 5.50 Å². The molecular weight excluding hydrogens is 236 g/mol. The normalized spacial score (nSPS) is 18.1. The van der Waals surface area contributed by atoms with Crippen molar-refractivity contribution in [1.29, 1.82) is 0 Å². The zero-order valence-electron chi connectivity index (χ0n) is 9.97. The van der Waals surface area contributed by atoms with Crippen LogP contribution in [0.2, 0.25) is 0 Å². The van der Waals surface area contributed by atoms with Crippen molar-refractivity contribution in [2.45, 2.75) is 23.7 Å². The molecule has 92 valence electrons. The second kappa shape index (κ2) is 4.98. The number of anilines is 1. The summed E-state index contributed by atoms with van der Waals surface area (Å²) in [6, 6.07) is 5.97. The van der Waals surface area contributed by atoms with E-state index < -0.39 is 0 Å². The van der Waals surface area contributed by atoms with Crippen LogP contribution in [0.15, 0.2) is 23.1 Å². The number of thioether (sulfide) groups is 1. The molecule has 0 amide bonds. The van der Waals surface area contributed by atoms with Crippen molar-refractivity contribution < 1.29 is 9.53 Å². The Balaban J connectivity index is 2.13. The van der Waals surface area contributed by atoms with Gasteiger partial charge in [-0.2, -0.15) is 0 Å². The van der Waals surface area contributed by atoms with E-state index >= 15 is 0 Å². The van der Waals surface area contributed by atoms with Gasteiger partial charge in [0.05, 0.1) is 18.7 Å². The Hall–Kier alpha value is -1.20. The average molecular weight is 252 g/mol. The zero-order valence-corrected chi connectivity index (χ0v) is 10.8. The van der Waals surface area contributed by atoms with Crippen LogP contribution in [0.25, 0.3) is 0 Å². The largest absolute Gasteiger partial charge is 0.466 e. The Bertz CT molecular complexity index is 437. The summed E-state index contributed by atoms with van der Waals surface area (Å²) in [6.45, 7) is 2.23. The molecule has 1 aromatic carbocycles. The van der Waals surface area contributed by atoms with Crippen LogP contribution in [0.1, 0.15) is 12.5 Å². The van der Waals surface area contributed by atoms with E-state index in [0.29, 0.717) is 13.0 Å². The Labute approximate surface area is 105 Å². The first-order chi connectivity index (χ1) is 8.11. The van der Waals surface area contributed by atoms with E-state index in [9.17, 15) is 4.79 Å². The molecule has 5 heteroatoms. The van der Waals surface area contributed by atoms with Crippen molar-refractivity contribution in [3.05, 3.63) is 23.8 Å². The molecule has 0 saturated heterocycles. The smallest absolute Gasteiger partial charge is 0.310 e. The van der Waals surface area contributed by atoms with Gasteiger partial charge < -0.3 is 15.4 Å². The predicted molar refractivity (Wildman–Crippen MR) is 69.0 cm³/mol. The molecule has 0 fully saturated rings. The number of carbonyl (C=O) groups excluding carboxylic acids is 1. The Kier molecular flexibility index (Phi) is 3.59. The summed E-state index contributed by atoms with van der Waals surface area (Å²) in [7, 11) is 1.97. The highest BCUT2D eigenvalue weighted by Crippen LogP contribution is 2.40. The van der Waals surface area contributed by atoms with Gasteiger partial charge in [-0.3, -0.25) is 4.79 Å². The van der Waals surface area contributed by atoms with Crippen LogP contribution in [0.3, 0.4) is 0 Å². The van der Waals surface area contributed by atoms with Crippen molar-refractivity contribution in [3.63, 3.8) is 0 Å². The van der Waals surface area contributed by atoms with E-state index in [4.69, 9.17) is 10.5 Å². The van der Waals surface area contributed by atoms with E-state index in [1.54, 1.807) is 11.8 Å². The monoisotopic (exact) mass is 252 g/mol. The lowest BCUT2D eigenvalue weighted by Crippen LogP contribution is -2.32. The molecule has 0 aliphatic carbocycles. The summed E-state index contributed by atoms with van der Waals surface area (Å²) in [6.07, 6.45) is 0.320. The first kappa shape index (κ1) is 12.3. The number of fused-ring (bicyclic) bond motifs is 1. The number of benzene rings is 1. The minimum Gasteiger partial charge on any atom is -0.466 e. The lowest BCUT2D eigenvalue weighted by atomic mass is 10.1. The summed E-state index contributed by atoms with van der Waals surface area (Å²) in [5.41, 5.74) is 7.98. The van der Waals surface area contributed by atoms with E-state index in [1.807, 2.05) is 37.1 Å². The van der Waals surface area contributed by atoms with Gasteiger partial charge in [0.25, 0.3) is 0 Å². The summed E-state index contributed by atoms with van der Waals surface area (Å²) in [5, 5.41) is 0. The number of carbonyl (C=O) groups is 1. The second-order valence-electron chi connectivity index (χ2n) is 3.90. The minimum absolute atomic E-state index is 0.0390. The molecule has 0 bridgehead atoms. The molecular formula is C12H16N2O2S. The molecule has 0 saturated carbocycles. The molecule has 0 aromatic heterocycles. The number of hydrogen-bond acceptors (Lipinski definition) is 5. The molecule has 1 aliphatic rings. The van der Waals surface area contributed by atoms with Crippen molar-refractivity contribution in [2.75, 3.05) is 18.6 Å². The third kappa shape index (κ3) is 2.56. The quantitative estimate of drug-likeness (QED) is 0.828. The molecule has 1 unspecified atom stereocenters. The first-order valence-corrected chi connectivity index (χ1v) is 6.43. The van der Waals surface area contributed by atoms with Gasteiger partial charge in [-0.05, 0) is 24.6 Å². The second-order valence-corrected chi connectivity index (χ2v) is 5.06. The predicted octanol–water partition coefficient (Wildman–Crippen LogP) is 1.58. The van der Waals surface area contributed by atoms with Crippen LogP contribution >= 0.6 is 11.8 Å². The number of nitrogens with zero attached hydrogens (tertiary/aromatic N) is 1. The molecule has 2 N–H and O–H groups in total. The number of hydrogen-bond donors (Lipinski definition) is 1. The van der Waals surface area contributed by atoms with E-state index in [-0.39, 0.29) is 11.5 Å². The molecule has 1 atom stereocenters. The first-order valence-electron chi connectivity index (χ1n) is 5.55. The molecule has 1 heterocycles. The summed E-state index contributed by atoms with van der Waals surface area (Å²) in [5.74, 6) is -0.187. The molecule has 17 heavy (non-hydrogen) atoms. The molecule has 1 aliphatic heterocycles. The Morgan fingerprint density at radius 2 is 2.35 bits per heavy atom. The van der Waals surface area contributed by atoms with Crippen LogP contribution in [0.4, 0.5) is 5.69 Å². The van der Waals surface area contributed by atoms with Gasteiger partial charge in [0, 0.05) is 11.9 Å². The van der Waals surface area contributed by atoms with Crippen molar-refractivity contribution in [3.8, 4) is 0 Å². The van der Waals surface area contributed by atoms with Crippen LogP contribution in [-0.2, 0) is 16.0 Å². The van der Waals surface area contributed by atoms with Crippen LogP contribution < -0.4 is 10.6 Å². The van der Waals surface area contributed by atoms with E-state index in [1.165, 1.54) is 0 Å². The fourth-order valence-electron chi connectivity index (χ4n) is 1.78. The molecule has 0 radical (unpaired) electrons. The maximum atomic E-state index is 11.4. The topological polar surface area (TPSA) is 55.6 Å². The standard InChI is InChI=1S/C12H16N2O2S/c1-3-16-11(15)7-8-4-5-9-10(6-8)17-12(13)14(9)2/h4-6,12H,3,7,13H2,1-2H3. The Morgan fingerprint density at radius 1 is 1.59 bits per heavy atom. The highest BCUT2D eigenvalue weighted by Gasteiger charge is 2.24. The lowest BCUT2D eigenvalue weighted by Gasteiger charge is -2.16. The minimum atomic E-state index is -0.187. The van der Waals surface area contributed by atoms with Gasteiger partial charge >= 0.3 is 5.97 Å². The molecule has 0 spiro atoms. The molecule has 4 nitrogen and oxygen atoms in total. The Morgan fingerprint density at radius 3 is 3.06 bits per heavy atom. The number of nitrogens with two attached hydrogens (primary N) is 1. The van der Waals surface area contributed by atoms with Gasteiger partial charge in [-0.15, -0.1) is 0 Å². The third-order valence-corrected chi connectivity index (χ3v) is 3.83. The summed E-state index contributed by atoms with van der Waals surface area (Å²) in [4.78, 5) is 14.5. The molecule has 2 rings (SSSR count). The fourth-order valence-corrected chi connectivity index (χ4v) is 2.86. The van der Waals surface area contributed by atoms with E-state index in [2.05, 4.69) is 0 Å². The highest BCUT2D eigenvalue weighted by molar-refractivity contribution is 8.00. The number of rotatable bonds is 3. The number of esters is 1. The lowest BCUT2D eigenvalue weighted by molar-refractivity contribution is -0.142. The number of ether oxygens (including phenoxy) is 1. The molecule has 1 aromatic rings. The van der Waals surface area contributed by atoms with Crippen LogP contribution in [-0.4, -0.2) is 25.1 Å². The van der Waals surface area contributed by atoms with Crippen molar-refractivity contribution in [1.82, 2.24) is 0 Å². The van der Waals surface area contributed by atoms with Crippen LogP contribution in [0, 0.1) is 0 Å². The summed E-state index contributed by atoms with van der Waals surface area (Å²) < 4.78 is 4.93.